The van der Waals surface area contributed by atoms with Crippen LogP contribution in [0.4, 0.5) is 0 Å². The van der Waals surface area contributed by atoms with E-state index in [-0.39, 0.29) is 0 Å². The molecule has 17 heavy (non-hydrogen) atoms. The Hall–Kier alpha value is -0.510. The molecule has 90 valence electrons. The van der Waals surface area contributed by atoms with Crippen molar-refractivity contribution < 1.29 is 4.42 Å². The van der Waals surface area contributed by atoms with Gasteiger partial charge in [0.15, 0.2) is 5.58 Å². The Morgan fingerprint density at radius 2 is 2.24 bits per heavy atom. The summed E-state index contributed by atoms with van der Waals surface area (Å²) in [5.41, 5.74) is 1.97. The average molecular weight is 315 g/mol. The predicted molar refractivity (Wildman–Crippen MR) is 73.5 cm³/mol. The van der Waals surface area contributed by atoms with E-state index in [1.54, 1.807) is 0 Å². The molecule has 1 saturated carbocycles. The van der Waals surface area contributed by atoms with Gasteiger partial charge in [-0.3, -0.25) is 0 Å². The van der Waals surface area contributed by atoms with Crippen molar-refractivity contribution in [3.63, 3.8) is 0 Å². The van der Waals surface area contributed by atoms with Crippen molar-refractivity contribution in [1.29, 1.82) is 0 Å². The number of aryl methyl sites for hydroxylation is 1. The number of hydrogen-bond donors (Lipinski definition) is 1. The quantitative estimate of drug-likeness (QED) is 0.908. The van der Waals surface area contributed by atoms with Gasteiger partial charge in [-0.15, -0.1) is 0 Å². The van der Waals surface area contributed by atoms with Crippen molar-refractivity contribution >= 4 is 38.5 Å². The summed E-state index contributed by atoms with van der Waals surface area (Å²) < 4.78 is 6.83. The van der Waals surface area contributed by atoms with E-state index in [1.165, 1.54) is 18.4 Å². The van der Waals surface area contributed by atoms with E-state index in [0.29, 0.717) is 11.1 Å². The van der Waals surface area contributed by atoms with E-state index < -0.39 is 0 Å². The van der Waals surface area contributed by atoms with Crippen LogP contribution in [-0.2, 0) is 6.54 Å². The standard InChI is InChI=1S/C13H13BrClNO/c1-7-10-4-8(14)5-11(15)13(10)17-12(7)6-16-9-2-3-9/h4-5,9,16H,2-3,6H2,1H3. The first kappa shape index (κ1) is 11.6. The first-order chi connectivity index (χ1) is 8.15. The second-order valence-corrected chi connectivity index (χ2v) is 5.89. The van der Waals surface area contributed by atoms with Gasteiger partial charge in [-0.25, -0.2) is 0 Å². The van der Waals surface area contributed by atoms with Crippen LogP contribution in [0.1, 0.15) is 24.2 Å². The van der Waals surface area contributed by atoms with E-state index in [2.05, 4.69) is 34.2 Å². The molecule has 0 saturated heterocycles. The number of rotatable bonds is 3. The number of hydrogen-bond acceptors (Lipinski definition) is 2. The van der Waals surface area contributed by atoms with Crippen molar-refractivity contribution in [1.82, 2.24) is 5.32 Å². The minimum atomic E-state index is 0.662. The van der Waals surface area contributed by atoms with Crippen LogP contribution >= 0.6 is 27.5 Å². The molecule has 0 unspecified atom stereocenters. The Balaban J connectivity index is 2.01. The molecule has 0 radical (unpaired) electrons. The van der Waals surface area contributed by atoms with Gasteiger partial charge < -0.3 is 9.73 Å². The lowest BCUT2D eigenvalue weighted by molar-refractivity contribution is 0.509. The second-order valence-electron chi connectivity index (χ2n) is 4.57. The van der Waals surface area contributed by atoms with Gasteiger partial charge in [-0.05, 0) is 37.5 Å². The van der Waals surface area contributed by atoms with Crippen molar-refractivity contribution in [3.8, 4) is 0 Å². The lowest BCUT2D eigenvalue weighted by atomic mass is 10.1. The number of furan rings is 1. The third-order valence-electron chi connectivity index (χ3n) is 3.18. The maximum absolute atomic E-state index is 6.18. The first-order valence-electron chi connectivity index (χ1n) is 5.75. The van der Waals surface area contributed by atoms with Gasteiger partial charge in [0, 0.05) is 15.9 Å². The molecule has 0 atom stereocenters. The molecule has 1 heterocycles. The molecular weight excluding hydrogens is 302 g/mol. The molecule has 0 amide bonds. The van der Waals surface area contributed by atoms with Crippen LogP contribution in [0, 0.1) is 6.92 Å². The lowest BCUT2D eigenvalue weighted by Gasteiger charge is -1.99. The van der Waals surface area contributed by atoms with Gasteiger partial charge in [0.1, 0.15) is 5.76 Å². The van der Waals surface area contributed by atoms with E-state index in [0.717, 1.165) is 27.7 Å². The SMILES string of the molecule is Cc1c(CNC2CC2)oc2c(Cl)cc(Br)cc12. The maximum Gasteiger partial charge on any atom is 0.153 e. The molecule has 1 N–H and O–H groups in total. The summed E-state index contributed by atoms with van der Waals surface area (Å²) in [6, 6.07) is 4.61. The van der Waals surface area contributed by atoms with Crippen molar-refractivity contribution in [2.45, 2.75) is 32.4 Å². The van der Waals surface area contributed by atoms with Gasteiger partial charge in [-0.1, -0.05) is 27.5 Å². The van der Waals surface area contributed by atoms with Gasteiger partial charge >= 0.3 is 0 Å². The Morgan fingerprint density at radius 1 is 1.47 bits per heavy atom. The van der Waals surface area contributed by atoms with Crippen LogP contribution in [0.15, 0.2) is 21.0 Å². The minimum absolute atomic E-state index is 0.662. The van der Waals surface area contributed by atoms with Crippen molar-refractivity contribution in [2.24, 2.45) is 0 Å². The molecule has 1 fully saturated rings. The molecule has 1 aliphatic rings. The largest absolute Gasteiger partial charge is 0.458 e. The van der Waals surface area contributed by atoms with Crippen LogP contribution in [0.3, 0.4) is 0 Å². The summed E-state index contributed by atoms with van der Waals surface area (Å²) in [6.45, 7) is 2.87. The molecule has 1 aromatic heterocycles. The third kappa shape index (κ3) is 2.24. The van der Waals surface area contributed by atoms with Crippen LogP contribution in [0.25, 0.3) is 11.0 Å². The zero-order valence-corrected chi connectivity index (χ0v) is 11.9. The number of nitrogens with one attached hydrogen (secondary N) is 1. The van der Waals surface area contributed by atoms with Gasteiger partial charge in [0.05, 0.1) is 11.6 Å². The summed E-state index contributed by atoms with van der Waals surface area (Å²) >= 11 is 9.64. The topological polar surface area (TPSA) is 25.2 Å². The van der Waals surface area contributed by atoms with Gasteiger partial charge in [-0.2, -0.15) is 0 Å². The van der Waals surface area contributed by atoms with Crippen LogP contribution in [0.2, 0.25) is 5.02 Å². The molecular formula is C13H13BrClNO. The van der Waals surface area contributed by atoms with Crippen LogP contribution < -0.4 is 5.32 Å². The first-order valence-corrected chi connectivity index (χ1v) is 6.92. The fourth-order valence-electron chi connectivity index (χ4n) is 1.99. The minimum Gasteiger partial charge on any atom is -0.458 e. The Labute approximate surface area is 113 Å². The highest BCUT2D eigenvalue weighted by Crippen LogP contribution is 2.34. The molecule has 3 rings (SSSR count). The molecule has 0 aliphatic heterocycles. The molecule has 2 nitrogen and oxygen atoms in total. The van der Waals surface area contributed by atoms with E-state index >= 15 is 0 Å². The molecule has 1 aliphatic carbocycles. The second kappa shape index (κ2) is 4.30. The summed E-state index contributed by atoms with van der Waals surface area (Å²) in [5.74, 6) is 0.993. The number of benzene rings is 1. The monoisotopic (exact) mass is 313 g/mol. The summed E-state index contributed by atoms with van der Waals surface area (Å²) in [7, 11) is 0. The molecule has 0 bridgehead atoms. The van der Waals surface area contributed by atoms with Crippen molar-refractivity contribution in [2.75, 3.05) is 0 Å². The fourth-order valence-corrected chi connectivity index (χ4v) is 2.83. The highest BCUT2D eigenvalue weighted by Gasteiger charge is 2.22. The number of halogens is 2. The molecule has 0 spiro atoms. The predicted octanol–water partition coefficient (Wildman–Crippen LogP) is 4.41. The smallest absolute Gasteiger partial charge is 0.153 e. The van der Waals surface area contributed by atoms with Crippen LogP contribution in [0.5, 0.6) is 0 Å². The highest BCUT2D eigenvalue weighted by molar-refractivity contribution is 9.10. The Morgan fingerprint density at radius 3 is 2.94 bits per heavy atom. The highest BCUT2D eigenvalue weighted by atomic mass is 79.9. The Kier molecular flexibility index (Phi) is 2.93. The van der Waals surface area contributed by atoms with Gasteiger partial charge in [0.25, 0.3) is 0 Å². The normalized spacial score (nSPS) is 15.7. The average Bonchev–Trinajstić information content (AvgIpc) is 3.04. The maximum atomic E-state index is 6.18. The van der Waals surface area contributed by atoms with E-state index in [9.17, 15) is 0 Å². The molecule has 1 aromatic carbocycles. The zero-order chi connectivity index (χ0) is 12.0. The third-order valence-corrected chi connectivity index (χ3v) is 3.92. The molecule has 2 aromatic rings. The Bertz CT molecular complexity index is 574. The molecule has 4 heteroatoms. The lowest BCUT2D eigenvalue weighted by Crippen LogP contribution is -2.15. The number of fused-ring (bicyclic) bond motifs is 1. The van der Waals surface area contributed by atoms with E-state index in [1.807, 2.05) is 6.07 Å². The summed E-state index contributed by atoms with van der Waals surface area (Å²) in [4.78, 5) is 0. The van der Waals surface area contributed by atoms with E-state index in [4.69, 9.17) is 16.0 Å². The fraction of sp³-hybridized carbons (Fsp3) is 0.385. The zero-order valence-electron chi connectivity index (χ0n) is 9.52. The van der Waals surface area contributed by atoms with Crippen LogP contribution in [-0.4, -0.2) is 6.04 Å². The van der Waals surface area contributed by atoms with Crippen molar-refractivity contribution in [3.05, 3.63) is 33.0 Å². The summed E-state index contributed by atoms with van der Waals surface area (Å²) in [5, 5.41) is 5.22. The van der Waals surface area contributed by atoms with Gasteiger partial charge in [0.2, 0.25) is 0 Å². The summed E-state index contributed by atoms with van der Waals surface area (Å²) in [6.07, 6.45) is 2.57.